The molecule has 2 N–H and O–H groups in total. The maximum atomic E-state index is 12.1. The molecule has 108 valence electrons. The molecule has 19 heavy (non-hydrogen) atoms. The number of hydrogen-bond acceptors (Lipinski definition) is 4. The number of carbonyl (C=O) groups excluding carboxylic acids is 1. The van der Waals surface area contributed by atoms with Gasteiger partial charge in [-0.25, -0.2) is 0 Å². The molecule has 1 aliphatic heterocycles. The van der Waals surface area contributed by atoms with Crippen molar-refractivity contribution in [3.05, 3.63) is 0 Å². The third kappa shape index (κ3) is 5.17. The fourth-order valence-corrected chi connectivity index (χ4v) is 2.45. The molecule has 0 aliphatic carbocycles. The van der Waals surface area contributed by atoms with E-state index in [1.54, 1.807) is 4.90 Å². The van der Waals surface area contributed by atoms with Gasteiger partial charge in [-0.3, -0.25) is 4.79 Å². The van der Waals surface area contributed by atoms with Crippen LogP contribution in [0, 0.1) is 23.2 Å². The lowest BCUT2D eigenvalue weighted by molar-refractivity contribution is -0.137. The van der Waals surface area contributed by atoms with Gasteiger partial charge in [0, 0.05) is 13.0 Å². The summed E-state index contributed by atoms with van der Waals surface area (Å²) in [7, 11) is 0. The molecule has 0 spiro atoms. The molecule has 1 amide bonds. The SMILES string of the molecule is CC(C)C(CCN)CCC(=O)N1CCOC(C#N)C1. The Morgan fingerprint density at radius 3 is 2.84 bits per heavy atom. The number of nitrogens with zero attached hydrogens (tertiary/aromatic N) is 2. The zero-order valence-corrected chi connectivity index (χ0v) is 12.0. The molecule has 5 heteroatoms. The van der Waals surface area contributed by atoms with E-state index in [-0.39, 0.29) is 5.91 Å². The number of nitrogens with two attached hydrogens (primary N) is 1. The van der Waals surface area contributed by atoms with Crippen LogP contribution in [0.3, 0.4) is 0 Å². The molecule has 0 aromatic carbocycles. The van der Waals surface area contributed by atoms with Crippen LogP contribution in [-0.4, -0.2) is 43.2 Å². The highest BCUT2D eigenvalue weighted by atomic mass is 16.5. The number of ether oxygens (including phenoxy) is 1. The van der Waals surface area contributed by atoms with Crippen LogP contribution in [-0.2, 0) is 9.53 Å². The van der Waals surface area contributed by atoms with Crippen molar-refractivity contribution >= 4 is 5.91 Å². The number of carbonyl (C=O) groups is 1. The van der Waals surface area contributed by atoms with Crippen LogP contribution in [0.1, 0.15) is 33.1 Å². The number of rotatable bonds is 6. The van der Waals surface area contributed by atoms with Crippen LogP contribution in [0.2, 0.25) is 0 Å². The molecule has 1 saturated heterocycles. The smallest absolute Gasteiger partial charge is 0.222 e. The zero-order valence-electron chi connectivity index (χ0n) is 12.0. The molecule has 0 bridgehead atoms. The predicted molar refractivity (Wildman–Crippen MR) is 73.2 cm³/mol. The summed E-state index contributed by atoms with van der Waals surface area (Å²) in [4.78, 5) is 13.9. The summed E-state index contributed by atoms with van der Waals surface area (Å²) in [6, 6.07) is 2.06. The molecule has 5 nitrogen and oxygen atoms in total. The second kappa shape index (κ2) is 8.13. The Balaban J connectivity index is 2.39. The minimum absolute atomic E-state index is 0.131. The Hall–Kier alpha value is -1.12. The van der Waals surface area contributed by atoms with Crippen molar-refractivity contribution in [2.45, 2.75) is 39.2 Å². The van der Waals surface area contributed by atoms with Crippen molar-refractivity contribution in [3.63, 3.8) is 0 Å². The van der Waals surface area contributed by atoms with Crippen LogP contribution in [0.4, 0.5) is 0 Å². The molecule has 0 saturated carbocycles. The van der Waals surface area contributed by atoms with Crippen molar-refractivity contribution in [3.8, 4) is 6.07 Å². The largest absolute Gasteiger partial charge is 0.360 e. The van der Waals surface area contributed by atoms with Gasteiger partial charge in [0.1, 0.15) is 0 Å². The van der Waals surface area contributed by atoms with E-state index in [0.29, 0.717) is 44.5 Å². The van der Waals surface area contributed by atoms with Crippen LogP contribution >= 0.6 is 0 Å². The third-order valence-corrected chi connectivity index (χ3v) is 3.77. The summed E-state index contributed by atoms with van der Waals surface area (Å²) in [5.41, 5.74) is 5.60. The van der Waals surface area contributed by atoms with E-state index in [1.807, 2.05) is 0 Å². The Morgan fingerprint density at radius 2 is 2.26 bits per heavy atom. The van der Waals surface area contributed by atoms with Gasteiger partial charge in [-0.15, -0.1) is 0 Å². The van der Waals surface area contributed by atoms with Gasteiger partial charge >= 0.3 is 0 Å². The Morgan fingerprint density at radius 1 is 1.53 bits per heavy atom. The number of hydrogen-bond donors (Lipinski definition) is 1. The first kappa shape index (κ1) is 15.9. The lowest BCUT2D eigenvalue weighted by atomic mass is 9.88. The van der Waals surface area contributed by atoms with Crippen molar-refractivity contribution in [1.82, 2.24) is 4.90 Å². The predicted octanol–water partition coefficient (Wildman–Crippen LogP) is 1.14. The van der Waals surface area contributed by atoms with Gasteiger partial charge in [-0.1, -0.05) is 13.8 Å². The summed E-state index contributed by atoms with van der Waals surface area (Å²) in [6.07, 6.45) is 1.92. The summed E-state index contributed by atoms with van der Waals surface area (Å²) in [5, 5.41) is 8.82. The Bertz CT molecular complexity index is 325. The molecule has 1 rings (SSSR count). The fraction of sp³-hybridized carbons (Fsp3) is 0.857. The monoisotopic (exact) mass is 267 g/mol. The molecule has 1 fully saturated rings. The minimum atomic E-state index is -0.470. The van der Waals surface area contributed by atoms with Crippen molar-refractivity contribution in [2.75, 3.05) is 26.2 Å². The average Bonchev–Trinajstić information content (AvgIpc) is 2.42. The van der Waals surface area contributed by atoms with Gasteiger partial charge in [0.2, 0.25) is 5.91 Å². The minimum Gasteiger partial charge on any atom is -0.360 e. The van der Waals surface area contributed by atoms with Crippen LogP contribution in [0.25, 0.3) is 0 Å². The van der Waals surface area contributed by atoms with Gasteiger partial charge in [-0.05, 0) is 31.2 Å². The fourth-order valence-electron chi connectivity index (χ4n) is 2.45. The summed E-state index contributed by atoms with van der Waals surface area (Å²) in [5.74, 6) is 1.18. The lowest BCUT2D eigenvalue weighted by Crippen LogP contribution is -2.45. The van der Waals surface area contributed by atoms with E-state index in [9.17, 15) is 4.79 Å². The second-order valence-electron chi connectivity index (χ2n) is 5.45. The lowest BCUT2D eigenvalue weighted by Gasteiger charge is -2.30. The van der Waals surface area contributed by atoms with Crippen molar-refractivity contribution in [2.24, 2.45) is 17.6 Å². The summed E-state index contributed by atoms with van der Waals surface area (Å²) >= 11 is 0. The standard InChI is InChI=1S/C14H25N3O2/c1-11(2)12(5-6-15)3-4-14(18)17-7-8-19-13(9-16)10-17/h11-13H,3-8,10,15H2,1-2H3. The molecular formula is C14H25N3O2. The van der Waals surface area contributed by atoms with E-state index in [4.69, 9.17) is 15.7 Å². The van der Waals surface area contributed by atoms with Crippen LogP contribution in [0.5, 0.6) is 0 Å². The first-order chi connectivity index (χ1) is 9.08. The molecule has 0 aromatic rings. The average molecular weight is 267 g/mol. The third-order valence-electron chi connectivity index (χ3n) is 3.77. The molecule has 2 unspecified atom stereocenters. The molecule has 1 aliphatic rings. The molecule has 1 heterocycles. The highest BCUT2D eigenvalue weighted by Gasteiger charge is 2.24. The van der Waals surface area contributed by atoms with Gasteiger partial charge < -0.3 is 15.4 Å². The number of nitriles is 1. The quantitative estimate of drug-likeness (QED) is 0.782. The highest BCUT2D eigenvalue weighted by molar-refractivity contribution is 5.76. The Labute approximate surface area is 115 Å². The van der Waals surface area contributed by atoms with Crippen molar-refractivity contribution < 1.29 is 9.53 Å². The second-order valence-corrected chi connectivity index (χ2v) is 5.45. The van der Waals surface area contributed by atoms with Gasteiger partial charge in [0.05, 0.1) is 19.2 Å². The summed E-state index contributed by atoms with van der Waals surface area (Å²) < 4.78 is 5.24. The van der Waals surface area contributed by atoms with E-state index in [1.165, 1.54) is 0 Å². The van der Waals surface area contributed by atoms with E-state index >= 15 is 0 Å². The highest BCUT2D eigenvalue weighted by Crippen LogP contribution is 2.21. The van der Waals surface area contributed by atoms with E-state index in [2.05, 4.69) is 19.9 Å². The van der Waals surface area contributed by atoms with Gasteiger partial charge in [0.25, 0.3) is 0 Å². The van der Waals surface area contributed by atoms with Crippen LogP contribution < -0.4 is 5.73 Å². The number of morpholine rings is 1. The molecule has 0 aromatic heterocycles. The normalized spacial score (nSPS) is 21.2. The molecule has 0 radical (unpaired) electrons. The first-order valence-electron chi connectivity index (χ1n) is 7.07. The van der Waals surface area contributed by atoms with Gasteiger partial charge in [-0.2, -0.15) is 5.26 Å². The van der Waals surface area contributed by atoms with E-state index < -0.39 is 6.10 Å². The maximum absolute atomic E-state index is 12.1. The summed E-state index contributed by atoms with van der Waals surface area (Å²) in [6.45, 7) is 6.47. The molecular weight excluding hydrogens is 242 g/mol. The topological polar surface area (TPSA) is 79.3 Å². The van der Waals surface area contributed by atoms with E-state index in [0.717, 1.165) is 12.8 Å². The molecule has 2 atom stereocenters. The van der Waals surface area contributed by atoms with Crippen molar-refractivity contribution in [1.29, 1.82) is 5.26 Å². The first-order valence-corrected chi connectivity index (χ1v) is 7.07. The Kier molecular flexibility index (Phi) is 6.82. The van der Waals surface area contributed by atoms with Crippen LogP contribution in [0.15, 0.2) is 0 Å². The number of amides is 1. The zero-order chi connectivity index (χ0) is 14.3. The van der Waals surface area contributed by atoms with Gasteiger partial charge in [0.15, 0.2) is 6.10 Å². The maximum Gasteiger partial charge on any atom is 0.222 e.